The number of para-hydroxylation sites is 1. The molecule has 0 aliphatic rings. The molecule has 1 N–H and O–H groups in total. The first-order chi connectivity index (χ1) is 12.6. The van der Waals surface area contributed by atoms with Gasteiger partial charge >= 0.3 is 0 Å². The fraction of sp³-hybridized carbons (Fsp3) is 0.286. The number of pyridine rings is 1. The molecule has 0 fully saturated rings. The van der Waals surface area contributed by atoms with Crippen molar-refractivity contribution in [1.82, 2.24) is 20.1 Å². The van der Waals surface area contributed by atoms with Gasteiger partial charge in [-0.05, 0) is 36.6 Å². The lowest BCUT2D eigenvalue weighted by Crippen LogP contribution is -2.23. The maximum atomic E-state index is 12.2. The number of aromatic nitrogens is 3. The van der Waals surface area contributed by atoms with Crippen LogP contribution in [0.2, 0.25) is 0 Å². The second-order valence-electron chi connectivity index (χ2n) is 6.57. The molecule has 0 spiro atoms. The molecule has 26 heavy (non-hydrogen) atoms. The first kappa shape index (κ1) is 17.9. The van der Waals surface area contributed by atoms with E-state index in [-0.39, 0.29) is 5.91 Å². The number of carbonyl (C=O) groups excluding carboxylic acids is 1. The Labute approximate surface area is 154 Å². The van der Waals surface area contributed by atoms with E-state index < -0.39 is 0 Å². The van der Waals surface area contributed by atoms with Gasteiger partial charge < -0.3 is 5.32 Å². The molecule has 5 heteroatoms. The molecule has 0 saturated heterocycles. The van der Waals surface area contributed by atoms with Crippen LogP contribution < -0.4 is 5.32 Å². The Bertz CT molecular complexity index is 841. The van der Waals surface area contributed by atoms with E-state index in [4.69, 9.17) is 5.10 Å². The summed E-state index contributed by atoms with van der Waals surface area (Å²) in [5.74, 6) is 0.318. The summed E-state index contributed by atoms with van der Waals surface area (Å²) in [7, 11) is 0. The monoisotopic (exact) mass is 348 g/mol. The molecular formula is C21H24N4O. The molecule has 134 valence electrons. The molecular weight excluding hydrogens is 324 g/mol. The summed E-state index contributed by atoms with van der Waals surface area (Å²) in [5.41, 5.74) is 4.01. The molecule has 0 radical (unpaired) electrons. The van der Waals surface area contributed by atoms with Crippen molar-refractivity contribution in [2.45, 2.75) is 39.2 Å². The Hall–Kier alpha value is -2.95. The van der Waals surface area contributed by atoms with Crippen LogP contribution in [-0.4, -0.2) is 20.7 Å². The molecule has 2 heterocycles. The molecule has 3 aromatic rings. The van der Waals surface area contributed by atoms with Crippen molar-refractivity contribution in [2.75, 3.05) is 0 Å². The predicted octanol–water partition coefficient (Wildman–Crippen LogP) is 3.64. The van der Waals surface area contributed by atoms with Crippen molar-refractivity contribution in [2.24, 2.45) is 0 Å². The van der Waals surface area contributed by atoms with Crippen LogP contribution in [0.4, 0.5) is 0 Å². The fourth-order valence-electron chi connectivity index (χ4n) is 2.83. The van der Waals surface area contributed by atoms with E-state index in [2.05, 4.69) is 24.1 Å². The van der Waals surface area contributed by atoms with Gasteiger partial charge in [-0.3, -0.25) is 9.78 Å². The van der Waals surface area contributed by atoms with Crippen molar-refractivity contribution in [3.05, 3.63) is 77.9 Å². The maximum absolute atomic E-state index is 12.2. The molecule has 0 unspecified atom stereocenters. The van der Waals surface area contributed by atoms with Crippen LogP contribution in [-0.2, 0) is 17.8 Å². The Kier molecular flexibility index (Phi) is 5.79. The standard InChI is InChI=1S/C21H24N4O/c1-16(2)21-17(15-25(24-21)19-9-4-3-5-10-19)14-23-20(26)12-11-18-8-6-7-13-22-18/h3-10,13,15-16H,11-12,14H2,1-2H3,(H,23,26). The number of aryl methyl sites for hydroxylation is 1. The summed E-state index contributed by atoms with van der Waals surface area (Å²) >= 11 is 0. The van der Waals surface area contributed by atoms with E-state index in [1.54, 1.807) is 6.20 Å². The first-order valence-electron chi connectivity index (χ1n) is 8.94. The molecule has 1 aromatic carbocycles. The molecule has 1 amide bonds. The summed E-state index contributed by atoms with van der Waals surface area (Å²) in [4.78, 5) is 16.4. The summed E-state index contributed by atoms with van der Waals surface area (Å²) in [6, 6.07) is 15.8. The van der Waals surface area contributed by atoms with E-state index >= 15 is 0 Å². The zero-order valence-electron chi connectivity index (χ0n) is 15.2. The average Bonchev–Trinajstić information content (AvgIpc) is 3.11. The lowest BCUT2D eigenvalue weighted by Gasteiger charge is -2.07. The van der Waals surface area contributed by atoms with Crippen molar-refractivity contribution in [3.63, 3.8) is 0 Å². The lowest BCUT2D eigenvalue weighted by atomic mass is 10.1. The van der Waals surface area contributed by atoms with Gasteiger partial charge in [-0.1, -0.05) is 38.1 Å². The summed E-state index contributed by atoms with van der Waals surface area (Å²) in [5, 5.41) is 7.72. The van der Waals surface area contributed by atoms with Crippen LogP contribution in [0.15, 0.2) is 60.9 Å². The Morgan fingerprint density at radius 3 is 2.58 bits per heavy atom. The number of nitrogens with one attached hydrogen (secondary N) is 1. The molecule has 0 saturated carbocycles. The number of carbonyl (C=O) groups is 1. The number of hydrogen-bond acceptors (Lipinski definition) is 3. The second kappa shape index (κ2) is 8.43. The minimum Gasteiger partial charge on any atom is -0.352 e. The molecule has 3 rings (SSSR count). The quantitative estimate of drug-likeness (QED) is 0.709. The highest BCUT2D eigenvalue weighted by Crippen LogP contribution is 2.20. The Morgan fingerprint density at radius 2 is 1.88 bits per heavy atom. The van der Waals surface area contributed by atoms with E-state index in [1.807, 2.05) is 59.4 Å². The number of amides is 1. The van der Waals surface area contributed by atoms with Gasteiger partial charge in [0.2, 0.25) is 5.91 Å². The van der Waals surface area contributed by atoms with E-state index in [0.717, 1.165) is 22.6 Å². The molecule has 0 bridgehead atoms. The largest absolute Gasteiger partial charge is 0.352 e. The summed E-state index contributed by atoms with van der Waals surface area (Å²) < 4.78 is 1.88. The van der Waals surface area contributed by atoms with Crippen molar-refractivity contribution < 1.29 is 4.79 Å². The van der Waals surface area contributed by atoms with E-state index in [1.165, 1.54) is 0 Å². The van der Waals surface area contributed by atoms with Crippen molar-refractivity contribution in [1.29, 1.82) is 0 Å². The van der Waals surface area contributed by atoms with Crippen LogP contribution in [0.3, 0.4) is 0 Å². The van der Waals surface area contributed by atoms with Crippen LogP contribution in [0.5, 0.6) is 0 Å². The molecule has 2 aromatic heterocycles. The first-order valence-corrected chi connectivity index (χ1v) is 8.94. The molecule has 0 aliphatic carbocycles. The number of rotatable bonds is 7. The van der Waals surface area contributed by atoms with Gasteiger partial charge in [0, 0.05) is 36.6 Å². The number of hydrogen-bond donors (Lipinski definition) is 1. The summed E-state index contributed by atoms with van der Waals surface area (Å²) in [6.07, 6.45) is 4.83. The van der Waals surface area contributed by atoms with Gasteiger partial charge in [0.1, 0.15) is 0 Å². The van der Waals surface area contributed by atoms with Gasteiger partial charge in [-0.2, -0.15) is 5.10 Å². The summed E-state index contributed by atoms with van der Waals surface area (Å²) in [6.45, 7) is 4.72. The van der Waals surface area contributed by atoms with Crippen LogP contribution in [0, 0.1) is 0 Å². The van der Waals surface area contributed by atoms with Crippen molar-refractivity contribution >= 4 is 5.91 Å². The minimum absolute atomic E-state index is 0.0258. The minimum atomic E-state index is 0.0258. The number of nitrogens with zero attached hydrogens (tertiary/aromatic N) is 3. The van der Waals surface area contributed by atoms with Crippen LogP contribution in [0.1, 0.15) is 43.1 Å². The maximum Gasteiger partial charge on any atom is 0.220 e. The highest BCUT2D eigenvalue weighted by molar-refractivity contribution is 5.76. The van der Waals surface area contributed by atoms with Gasteiger partial charge in [0.15, 0.2) is 0 Å². The highest BCUT2D eigenvalue weighted by atomic mass is 16.1. The molecule has 0 atom stereocenters. The van der Waals surface area contributed by atoms with Crippen LogP contribution in [0.25, 0.3) is 5.69 Å². The van der Waals surface area contributed by atoms with Crippen LogP contribution >= 0.6 is 0 Å². The van der Waals surface area contributed by atoms with Crippen molar-refractivity contribution in [3.8, 4) is 5.69 Å². The van der Waals surface area contributed by atoms with E-state index in [9.17, 15) is 4.79 Å². The Balaban J connectivity index is 1.63. The SMILES string of the molecule is CC(C)c1nn(-c2ccccc2)cc1CNC(=O)CCc1ccccn1. The third kappa shape index (κ3) is 4.57. The average molecular weight is 348 g/mol. The van der Waals surface area contributed by atoms with E-state index in [0.29, 0.717) is 25.3 Å². The topological polar surface area (TPSA) is 59.8 Å². The van der Waals surface area contributed by atoms with Gasteiger partial charge in [0.05, 0.1) is 11.4 Å². The zero-order valence-corrected chi connectivity index (χ0v) is 15.2. The normalized spacial score (nSPS) is 10.9. The third-order valence-electron chi connectivity index (χ3n) is 4.20. The Morgan fingerprint density at radius 1 is 1.12 bits per heavy atom. The van der Waals surface area contributed by atoms with Gasteiger partial charge in [-0.25, -0.2) is 4.68 Å². The fourth-order valence-corrected chi connectivity index (χ4v) is 2.83. The van der Waals surface area contributed by atoms with Gasteiger partial charge in [0.25, 0.3) is 0 Å². The predicted molar refractivity (Wildman–Crippen MR) is 102 cm³/mol. The highest BCUT2D eigenvalue weighted by Gasteiger charge is 2.14. The smallest absolute Gasteiger partial charge is 0.220 e. The lowest BCUT2D eigenvalue weighted by molar-refractivity contribution is -0.121. The molecule has 0 aliphatic heterocycles. The zero-order chi connectivity index (χ0) is 18.4. The second-order valence-corrected chi connectivity index (χ2v) is 6.57. The number of benzene rings is 1. The third-order valence-corrected chi connectivity index (χ3v) is 4.20. The molecule has 5 nitrogen and oxygen atoms in total. The van der Waals surface area contributed by atoms with Gasteiger partial charge in [-0.15, -0.1) is 0 Å².